The summed E-state index contributed by atoms with van der Waals surface area (Å²) in [6, 6.07) is 8.64. The number of nitrogens with one attached hydrogen (secondary N) is 1. The van der Waals surface area contributed by atoms with Crippen LogP contribution in [-0.4, -0.2) is 29.7 Å². The van der Waals surface area contributed by atoms with Gasteiger partial charge in [0.05, 0.1) is 24.9 Å². The molecule has 22 heavy (non-hydrogen) atoms. The molecule has 4 nitrogen and oxygen atoms in total. The minimum Gasteiger partial charge on any atom is -0.378 e. The van der Waals surface area contributed by atoms with Gasteiger partial charge in [-0.05, 0) is 30.7 Å². The Kier molecular flexibility index (Phi) is 5.83. The summed E-state index contributed by atoms with van der Waals surface area (Å²) in [5.41, 5.74) is 2.93. The number of halogens is 2. The number of rotatable bonds is 3. The Morgan fingerprint density at radius 3 is 2.73 bits per heavy atom. The lowest BCUT2D eigenvalue weighted by Crippen LogP contribution is -2.35. The Balaban J connectivity index is 0.00000176. The van der Waals surface area contributed by atoms with Crippen molar-refractivity contribution in [3.8, 4) is 0 Å². The molecule has 0 amide bonds. The average molecular weight is 324 g/mol. The van der Waals surface area contributed by atoms with Gasteiger partial charge in [-0.2, -0.15) is 0 Å². The van der Waals surface area contributed by atoms with Gasteiger partial charge in [0.1, 0.15) is 11.6 Å². The molecular weight excluding hydrogens is 305 g/mol. The Labute approximate surface area is 135 Å². The molecule has 1 fully saturated rings. The van der Waals surface area contributed by atoms with Crippen LogP contribution in [0.1, 0.15) is 28.8 Å². The van der Waals surface area contributed by atoms with Crippen molar-refractivity contribution in [2.45, 2.75) is 19.4 Å². The predicted molar refractivity (Wildman–Crippen MR) is 84.8 cm³/mol. The molecule has 2 aromatic rings. The van der Waals surface area contributed by atoms with Gasteiger partial charge >= 0.3 is 0 Å². The van der Waals surface area contributed by atoms with E-state index >= 15 is 0 Å². The number of hydrogen-bond acceptors (Lipinski definition) is 4. The van der Waals surface area contributed by atoms with E-state index in [0.717, 1.165) is 35.9 Å². The van der Waals surface area contributed by atoms with Crippen molar-refractivity contribution >= 4 is 12.4 Å². The highest BCUT2D eigenvalue weighted by molar-refractivity contribution is 5.85. The zero-order valence-corrected chi connectivity index (χ0v) is 13.2. The van der Waals surface area contributed by atoms with Crippen LogP contribution in [0, 0.1) is 12.7 Å². The van der Waals surface area contributed by atoms with Gasteiger partial charge in [0.15, 0.2) is 0 Å². The monoisotopic (exact) mass is 323 g/mol. The average Bonchev–Trinajstić information content (AvgIpc) is 2.50. The van der Waals surface area contributed by atoms with Gasteiger partial charge in [0.2, 0.25) is 0 Å². The zero-order chi connectivity index (χ0) is 14.7. The SMILES string of the molecule is Cc1nc(Cc2ccc(F)cc2)cc(C2COCCN2)n1.Cl. The normalized spacial score (nSPS) is 17.8. The fraction of sp³-hybridized carbons (Fsp3) is 0.375. The summed E-state index contributed by atoms with van der Waals surface area (Å²) in [5.74, 6) is 0.527. The van der Waals surface area contributed by atoms with Crippen molar-refractivity contribution in [3.05, 3.63) is 58.9 Å². The first-order valence-corrected chi connectivity index (χ1v) is 7.11. The third-order valence-corrected chi connectivity index (χ3v) is 3.49. The lowest BCUT2D eigenvalue weighted by molar-refractivity contribution is 0.0755. The van der Waals surface area contributed by atoms with Gasteiger partial charge in [0.25, 0.3) is 0 Å². The van der Waals surface area contributed by atoms with Crippen LogP contribution in [0.15, 0.2) is 30.3 Å². The molecule has 0 saturated carbocycles. The van der Waals surface area contributed by atoms with E-state index in [1.54, 1.807) is 12.1 Å². The molecular formula is C16H19ClFN3O. The largest absolute Gasteiger partial charge is 0.378 e. The number of aromatic nitrogens is 2. The van der Waals surface area contributed by atoms with Crippen molar-refractivity contribution in [1.29, 1.82) is 0 Å². The topological polar surface area (TPSA) is 47.0 Å². The zero-order valence-electron chi connectivity index (χ0n) is 12.4. The Hall–Kier alpha value is -1.56. The summed E-state index contributed by atoms with van der Waals surface area (Å²) in [6.07, 6.45) is 0.671. The van der Waals surface area contributed by atoms with Crippen molar-refractivity contribution in [3.63, 3.8) is 0 Å². The summed E-state index contributed by atoms with van der Waals surface area (Å²) in [6.45, 7) is 4.10. The smallest absolute Gasteiger partial charge is 0.125 e. The number of morpholine rings is 1. The standard InChI is InChI=1S/C16H18FN3O.ClH/c1-11-19-14(8-12-2-4-13(17)5-3-12)9-15(20-11)16-10-21-7-6-18-16;/h2-5,9,16,18H,6-8,10H2,1H3;1H. The van der Waals surface area contributed by atoms with Crippen LogP contribution in [0.3, 0.4) is 0 Å². The molecule has 1 N–H and O–H groups in total. The van der Waals surface area contributed by atoms with Crippen LogP contribution < -0.4 is 5.32 Å². The van der Waals surface area contributed by atoms with E-state index in [4.69, 9.17) is 4.74 Å². The molecule has 1 aromatic heterocycles. The third-order valence-electron chi connectivity index (χ3n) is 3.49. The second-order valence-corrected chi connectivity index (χ2v) is 5.22. The van der Waals surface area contributed by atoms with Crippen molar-refractivity contribution in [2.24, 2.45) is 0 Å². The molecule has 2 heterocycles. The van der Waals surface area contributed by atoms with E-state index < -0.39 is 0 Å². The van der Waals surface area contributed by atoms with Crippen LogP contribution in [0.2, 0.25) is 0 Å². The second-order valence-electron chi connectivity index (χ2n) is 5.22. The number of aryl methyl sites for hydroxylation is 1. The molecule has 1 aliphatic heterocycles. The Morgan fingerprint density at radius 1 is 1.27 bits per heavy atom. The molecule has 0 bridgehead atoms. The van der Waals surface area contributed by atoms with E-state index in [1.807, 2.05) is 13.0 Å². The molecule has 3 rings (SSSR count). The van der Waals surface area contributed by atoms with Gasteiger partial charge in [0, 0.05) is 18.7 Å². The predicted octanol–water partition coefficient (Wildman–Crippen LogP) is 2.60. The van der Waals surface area contributed by atoms with Crippen molar-refractivity contribution in [1.82, 2.24) is 15.3 Å². The van der Waals surface area contributed by atoms with Crippen LogP contribution in [0.25, 0.3) is 0 Å². The maximum absolute atomic E-state index is 12.9. The minimum atomic E-state index is -0.220. The summed E-state index contributed by atoms with van der Waals surface area (Å²) < 4.78 is 18.4. The van der Waals surface area contributed by atoms with E-state index in [9.17, 15) is 4.39 Å². The summed E-state index contributed by atoms with van der Waals surface area (Å²) in [7, 11) is 0. The van der Waals surface area contributed by atoms with Gasteiger partial charge in [-0.3, -0.25) is 0 Å². The molecule has 6 heteroatoms. The second kappa shape index (κ2) is 7.63. The molecule has 1 saturated heterocycles. The highest BCUT2D eigenvalue weighted by Crippen LogP contribution is 2.16. The molecule has 1 unspecified atom stereocenters. The first-order valence-electron chi connectivity index (χ1n) is 7.11. The van der Waals surface area contributed by atoms with Crippen LogP contribution in [0.5, 0.6) is 0 Å². The molecule has 0 radical (unpaired) electrons. The quantitative estimate of drug-likeness (QED) is 0.943. The van der Waals surface area contributed by atoms with Crippen molar-refractivity contribution in [2.75, 3.05) is 19.8 Å². The Bertz CT molecular complexity index is 615. The van der Waals surface area contributed by atoms with E-state index in [1.165, 1.54) is 12.1 Å². The molecule has 1 aliphatic rings. The van der Waals surface area contributed by atoms with Gasteiger partial charge in [-0.15, -0.1) is 12.4 Å². The molecule has 0 aliphatic carbocycles. The van der Waals surface area contributed by atoms with Crippen LogP contribution in [0.4, 0.5) is 4.39 Å². The van der Waals surface area contributed by atoms with Gasteiger partial charge < -0.3 is 10.1 Å². The van der Waals surface area contributed by atoms with E-state index in [2.05, 4.69) is 15.3 Å². The number of ether oxygens (including phenoxy) is 1. The lowest BCUT2D eigenvalue weighted by atomic mass is 10.1. The first kappa shape index (κ1) is 16.8. The van der Waals surface area contributed by atoms with E-state index in [-0.39, 0.29) is 24.3 Å². The third kappa shape index (κ3) is 4.22. The maximum Gasteiger partial charge on any atom is 0.125 e. The summed E-state index contributed by atoms with van der Waals surface area (Å²) in [4.78, 5) is 8.97. The highest BCUT2D eigenvalue weighted by Gasteiger charge is 2.17. The fourth-order valence-electron chi connectivity index (χ4n) is 2.49. The Morgan fingerprint density at radius 2 is 2.05 bits per heavy atom. The number of benzene rings is 1. The van der Waals surface area contributed by atoms with E-state index in [0.29, 0.717) is 13.0 Å². The molecule has 1 atom stereocenters. The highest BCUT2D eigenvalue weighted by atomic mass is 35.5. The lowest BCUT2D eigenvalue weighted by Gasteiger charge is -2.23. The fourth-order valence-corrected chi connectivity index (χ4v) is 2.49. The van der Waals surface area contributed by atoms with Crippen molar-refractivity contribution < 1.29 is 9.13 Å². The molecule has 0 spiro atoms. The maximum atomic E-state index is 12.9. The van der Waals surface area contributed by atoms with Crippen LogP contribution in [-0.2, 0) is 11.2 Å². The summed E-state index contributed by atoms with van der Waals surface area (Å²) >= 11 is 0. The minimum absolute atomic E-state index is 0. The number of nitrogens with zero attached hydrogens (tertiary/aromatic N) is 2. The summed E-state index contributed by atoms with van der Waals surface area (Å²) in [5, 5.41) is 3.40. The molecule has 1 aromatic carbocycles. The van der Waals surface area contributed by atoms with Gasteiger partial charge in [-0.1, -0.05) is 12.1 Å². The first-order chi connectivity index (χ1) is 10.2. The van der Waals surface area contributed by atoms with Crippen LogP contribution >= 0.6 is 12.4 Å². The number of hydrogen-bond donors (Lipinski definition) is 1. The van der Waals surface area contributed by atoms with Gasteiger partial charge in [-0.25, -0.2) is 14.4 Å². The molecule has 118 valence electrons.